The lowest BCUT2D eigenvalue weighted by Crippen LogP contribution is -2.28. The molecule has 0 amide bonds. The minimum atomic E-state index is -3.62. The number of sulfone groups is 1. The van der Waals surface area contributed by atoms with E-state index in [9.17, 15) is 18.5 Å². The van der Waals surface area contributed by atoms with Gasteiger partial charge in [0.05, 0.1) is 4.92 Å². The monoisotopic (exact) mass is 312 g/mol. The van der Waals surface area contributed by atoms with Gasteiger partial charge in [0.15, 0.2) is 9.84 Å². The fourth-order valence-corrected chi connectivity index (χ4v) is 3.59. The van der Waals surface area contributed by atoms with Gasteiger partial charge in [0.1, 0.15) is 10.6 Å². The van der Waals surface area contributed by atoms with Crippen molar-refractivity contribution in [3.05, 3.63) is 28.3 Å². The van der Waals surface area contributed by atoms with Crippen LogP contribution in [0, 0.1) is 10.1 Å². The first-order chi connectivity index (χ1) is 9.91. The Hall–Kier alpha value is -1.63. The summed E-state index contributed by atoms with van der Waals surface area (Å²) in [5.74, 6) is 0. The van der Waals surface area contributed by atoms with Gasteiger partial charge in [0.2, 0.25) is 0 Å². The molecule has 0 bridgehead atoms. The summed E-state index contributed by atoms with van der Waals surface area (Å²) in [6.45, 7) is 1.46. The summed E-state index contributed by atoms with van der Waals surface area (Å²) in [5, 5.41) is 11.4. The molecule has 21 heavy (non-hydrogen) atoms. The third-order valence-corrected chi connectivity index (χ3v) is 4.88. The van der Waals surface area contributed by atoms with Gasteiger partial charge in [-0.05, 0) is 25.0 Å². The smallest absolute Gasteiger partial charge is 0.311 e. The Bertz CT molecular complexity index is 620. The average Bonchev–Trinajstić information content (AvgIpc) is 2.36. The number of nitro groups is 1. The first-order valence-electron chi connectivity index (χ1n) is 7.13. The van der Waals surface area contributed by atoms with Crippen LogP contribution < -0.4 is 4.90 Å². The van der Waals surface area contributed by atoms with Crippen molar-refractivity contribution in [3.8, 4) is 0 Å². The molecule has 0 saturated carbocycles. The van der Waals surface area contributed by atoms with E-state index >= 15 is 0 Å². The van der Waals surface area contributed by atoms with Crippen molar-refractivity contribution in [1.29, 1.82) is 0 Å². The van der Waals surface area contributed by atoms with E-state index in [1.165, 1.54) is 12.5 Å². The molecule has 0 radical (unpaired) electrons. The minimum Gasteiger partial charge on any atom is -0.366 e. The standard InChI is InChI=1S/C14H20N2O4S/c1-21(19,20)13-9-7-8-12(14(13)16(17)18)15-10-5-3-2-4-6-11-15/h7-9H,2-6,10-11H2,1H3. The van der Waals surface area contributed by atoms with E-state index < -0.39 is 14.8 Å². The molecule has 2 rings (SSSR count). The molecule has 1 aliphatic heterocycles. The molecular formula is C14H20N2O4S. The van der Waals surface area contributed by atoms with E-state index in [2.05, 4.69) is 0 Å². The van der Waals surface area contributed by atoms with Crippen LogP contribution in [-0.2, 0) is 9.84 Å². The molecule has 0 aromatic heterocycles. The van der Waals surface area contributed by atoms with Crippen LogP contribution in [0.1, 0.15) is 32.1 Å². The van der Waals surface area contributed by atoms with E-state index in [1.807, 2.05) is 4.90 Å². The molecule has 1 saturated heterocycles. The van der Waals surface area contributed by atoms with Gasteiger partial charge in [-0.1, -0.05) is 25.3 Å². The van der Waals surface area contributed by atoms with Crippen molar-refractivity contribution in [1.82, 2.24) is 0 Å². The molecule has 0 N–H and O–H groups in total. The van der Waals surface area contributed by atoms with E-state index in [1.54, 1.807) is 12.1 Å². The number of anilines is 1. The molecular weight excluding hydrogens is 292 g/mol. The summed E-state index contributed by atoms with van der Waals surface area (Å²) in [6, 6.07) is 4.53. The van der Waals surface area contributed by atoms with Gasteiger partial charge in [0.25, 0.3) is 0 Å². The van der Waals surface area contributed by atoms with E-state index in [0.717, 1.165) is 45.0 Å². The van der Waals surface area contributed by atoms with Crippen LogP contribution in [0.25, 0.3) is 0 Å². The fourth-order valence-electron chi connectivity index (χ4n) is 2.74. The van der Waals surface area contributed by atoms with E-state index in [4.69, 9.17) is 0 Å². The number of rotatable bonds is 3. The van der Waals surface area contributed by atoms with Gasteiger partial charge >= 0.3 is 5.69 Å². The van der Waals surface area contributed by atoms with Crippen molar-refractivity contribution in [2.75, 3.05) is 24.2 Å². The topological polar surface area (TPSA) is 80.5 Å². The number of para-hydroxylation sites is 1. The van der Waals surface area contributed by atoms with Crippen molar-refractivity contribution < 1.29 is 13.3 Å². The van der Waals surface area contributed by atoms with Crippen molar-refractivity contribution in [3.63, 3.8) is 0 Å². The molecule has 1 aliphatic rings. The van der Waals surface area contributed by atoms with Gasteiger partial charge in [0, 0.05) is 19.3 Å². The molecule has 1 fully saturated rings. The Morgan fingerprint density at radius 3 is 2.19 bits per heavy atom. The summed E-state index contributed by atoms with van der Waals surface area (Å²) < 4.78 is 23.6. The lowest BCUT2D eigenvalue weighted by atomic mass is 10.1. The maximum atomic E-state index is 11.8. The van der Waals surface area contributed by atoms with Crippen LogP contribution in [0.2, 0.25) is 0 Å². The highest BCUT2D eigenvalue weighted by atomic mass is 32.2. The van der Waals surface area contributed by atoms with Crippen LogP contribution in [0.5, 0.6) is 0 Å². The second-order valence-corrected chi connectivity index (χ2v) is 7.39. The summed E-state index contributed by atoms with van der Waals surface area (Å²) in [6.07, 6.45) is 6.36. The third-order valence-electron chi connectivity index (χ3n) is 3.76. The second kappa shape index (κ2) is 6.43. The molecule has 7 heteroatoms. The lowest BCUT2D eigenvalue weighted by Gasteiger charge is -2.26. The van der Waals surface area contributed by atoms with Crippen LogP contribution in [0.3, 0.4) is 0 Å². The number of hydrogen-bond donors (Lipinski definition) is 0. The van der Waals surface area contributed by atoms with Gasteiger partial charge in [-0.25, -0.2) is 8.42 Å². The fraction of sp³-hybridized carbons (Fsp3) is 0.571. The zero-order chi connectivity index (χ0) is 15.5. The molecule has 1 heterocycles. The molecule has 0 atom stereocenters. The molecule has 0 spiro atoms. The summed E-state index contributed by atoms with van der Waals surface area (Å²) in [5.41, 5.74) is 0.130. The number of hydrogen-bond acceptors (Lipinski definition) is 5. The predicted octanol–water partition coefficient (Wildman–Crippen LogP) is 2.77. The lowest BCUT2D eigenvalue weighted by molar-refractivity contribution is -0.387. The maximum absolute atomic E-state index is 11.8. The highest BCUT2D eigenvalue weighted by Gasteiger charge is 2.28. The predicted molar refractivity (Wildman–Crippen MR) is 81.5 cm³/mol. The van der Waals surface area contributed by atoms with Gasteiger partial charge in [-0.3, -0.25) is 10.1 Å². The van der Waals surface area contributed by atoms with E-state index in [-0.39, 0.29) is 10.6 Å². The largest absolute Gasteiger partial charge is 0.366 e. The maximum Gasteiger partial charge on any atom is 0.311 e. The molecule has 1 aromatic carbocycles. The van der Waals surface area contributed by atoms with Crippen LogP contribution >= 0.6 is 0 Å². The van der Waals surface area contributed by atoms with Crippen LogP contribution in [0.4, 0.5) is 11.4 Å². The molecule has 0 unspecified atom stereocenters. The normalized spacial score (nSPS) is 17.1. The van der Waals surface area contributed by atoms with Crippen molar-refractivity contribution >= 4 is 21.2 Å². The third kappa shape index (κ3) is 3.72. The van der Waals surface area contributed by atoms with E-state index in [0.29, 0.717) is 5.69 Å². The number of nitro benzene ring substituents is 1. The quantitative estimate of drug-likeness (QED) is 0.633. The first-order valence-corrected chi connectivity index (χ1v) is 9.03. The van der Waals surface area contributed by atoms with Crippen LogP contribution in [0.15, 0.2) is 23.1 Å². The van der Waals surface area contributed by atoms with Crippen LogP contribution in [-0.4, -0.2) is 32.7 Å². The first kappa shape index (κ1) is 15.8. The molecule has 1 aromatic rings. The Morgan fingerprint density at radius 1 is 1.10 bits per heavy atom. The summed E-state index contributed by atoms with van der Waals surface area (Å²) >= 11 is 0. The Balaban J connectivity index is 2.49. The average molecular weight is 312 g/mol. The van der Waals surface area contributed by atoms with Gasteiger partial charge in [-0.2, -0.15) is 0 Å². The SMILES string of the molecule is CS(=O)(=O)c1cccc(N2CCCCCCC2)c1[N+](=O)[O-]. The Labute approximate surface area is 124 Å². The Morgan fingerprint density at radius 2 is 1.67 bits per heavy atom. The number of nitrogens with zero attached hydrogens (tertiary/aromatic N) is 2. The van der Waals surface area contributed by atoms with Crippen molar-refractivity contribution in [2.24, 2.45) is 0 Å². The highest BCUT2D eigenvalue weighted by Crippen LogP contribution is 2.35. The highest BCUT2D eigenvalue weighted by molar-refractivity contribution is 7.90. The van der Waals surface area contributed by atoms with Gasteiger partial charge < -0.3 is 4.90 Å². The zero-order valence-corrected chi connectivity index (χ0v) is 12.9. The Kier molecular flexibility index (Phi) is 4.82. The molecule has 6 nitrogen and oxygen atoms in total. The second-order valence-electron chi connectivity index (χ2n) is 5.41. The van der Waals surface area contributed by atoms with Gasteiger partial charge in [-0.15, -0.1) is 0 Å². The summed E-state index contributed by atoms with van der Waals surface area (Å²) in [4.78, 5) is 12.6. The summed E-state index contributed by atoms with van der Waals surface area (Å²) in [7, 11) is -3.62. The zero-order valence-electron chi connectivity index (χ0n) is 12.1. The molecule has 0 aliphatic carbocycles. The molecule has 116 valence electrons. The minimum absolute atomic E-state index is 0.202. The van der Waals surface area contributed by atoms with Crippen molar-refractivity contribution in [2.45, 2.75) is 37.0 Å². The number of benzene rings is 1.